The van der Waals surface area contributed by atoms with Crippen LogP contribution in [0.1, 0.15) is 39.0 Å². The molecule has 22 heavy (non-hydrogen) atoms. The molecule has 0 radical (unpaired) electrons. The number of benzene rings is 1. The van der Waals surface area contributed by atoms with Crippen LogP contribution in [0.15, 0.2) is 44.2 Å². The van der Waals surface area contributed by atoms with E-state index in [0.717, 1.165) is 39.9 Å². The van der Waals surface area contributed by atoms with Gasteiger partial charge in [0.15, 0.2) is 0 Å². The van der Waals surface area contributed by atoms with E-state index in [-0.39, 0.29) is 0 Å². The first-order chi connectivity index (χ1) is 10.8. The van der Waals surface area contributed by atoms with Crippen molar-refractivity contribution in [3.05, 3.63) is 38.9 Å². The normalized spacial score (nSPS) is 16.1. The molecule has 0 amide bonds. The van der Waals surface area contributed by atoms with Crippen LogP contribution in [0, 0.1) is 0 Å². The van der Waals surface area contributed by atoms with Gasteiger partial charge in [-0.05, 0) is 38.7 Å². The van der Waals surface area contributed by atoms with Gasteiger partial charge in [-0.3, -0.25) is 4.99 Å². The third kappa shape index (κ3) is 3.41. The molecular formula is C17H20BrN3S. The number of nitrogens with zero attached hydrogens (tertiary/aromatic N) is 3. The molecule has 1 aromatic heterocycles. The molecule has 1 aliphatic carbocycles. The van der Waals surface area contributed by atoms with Crippen LogP contribution in [0.25, 0.3) is 11.3 Å². The van der Waals surface area contributed by atoms with Crippen LogP contribution in [-0.2, 0) is 0 Å². The van der Waals surface area contributed by atoms with Crippen LogP contribution >= 0.6 is 27.3 Å². The van der Waals surface area contributed by atoms with Gasteiger partial charge in [0, 0.05) is 27.7 Å². The number of hydrogen-bond donors (Lipinski definition) is 0. The van der Waals surface area contributed by atoms with Crippen LogP contribution in [0.4, 0.5) is 0 Å². The van der Waals surface area contributed by atoms with E-state index in [4.69, 9.17) is 5.10 Å². The standard InChI is InChI=1S/C17H20BrN3S/c1-2-19-17-21(20-13-8-4-3-5-9-13)16(12-22-17)14-10-6-7-11-15(14)18/h6-7,10-12H,2-5,8-9H2,1H3. The van der Waals surface area contributed by atoms with Gasteiger partial charge in [-0.15, -0.1) is 11.3 Å². The van der Waals surface area contributed by atoms with Gasteiger partial charge >= 0.3 is 0 Å². The SMILES string of the molecule is CCN=c1scc(-c2ccccc2Br)n1N=C1CCCCC1. The van der Waals surface area contributed by atoms with E-state index in [0.29, 0.717) is 0 Å². The van der Waals surface area contributed by atoms with Crippen molar-refractivity contribution in [2.45, 2.75) is 39.0 Å². The lowest BCUT2D eigenvalue weighted by molar-refractivity contribution is 0.655. The molecule has 0 atom stereocenters. The number of hydrogen-bond acceptors (Lipinski definition) is 3. The van der Waals surface area contributed by atoms with Crippen molar-refractivity contribution in [3.63, 3.8) is 0 Å². The minimum Gasteiger partial charge on any atom is -0.258 e. The Balaban J connectivity index is 2.12. The summed E-state index contributed by atoms with van der Waals surface area (Å²) in [6, 6.07) is 8.29. The van der Waals surface area contributed by atoms with Gasteiger partial charge in [-0.25, -0.2) is 4.68 Å². The second-order valence-corrected chi connectivity index (χ2v) is 7.09. The zero-order chi connectivity index (χ0) is 15.4. The van der Waals surface area contributed by atoms with Crippen molar-refractivity contribution in [1.82, 2.24) is 4.68 Å². The van der Waals surface area contributed by atoms with Crippen LogP contribution < -0.4 is 4.80 Å². The molecule has 116 valence electrons. The van der Waals surface area contributed by atoms with Gasteiger partial charge in [0.25, 0.3) is 0 Å². The van der Waals surface area contributed by atoms with E-state index < -0.39 is 0 Å². The van der Waals surface area contributed by atoms with Gasteiger partial charge in [-0.1, -0.05) is 40.5 Å². The lowest BCUT2D eigenvalue weighted by Gasteiger charge is -2.13. The van der Waals surface area contributed by atoms with Gasteiger partial charge in [-0.2, -0.15) is 5.10 Å². The molecule has 3 rings (SSSR count). The minimum absolute atomic E-state index is 0.779. The zero-order valence-electron chi connectivity index (χ0n) is 12.8. The topological polar surface area (TPSA) is 29.6 Å². The van der Waals surface area contributed by atoms with E-state index in [1.54, 1.807) is 11.3 Å². The number of thiazole rings is 1. The average molecular weight is 378 g/mol. The number of rotatable bonds is 3. The summed E-state index contributed by atoms with van der Waals surface area (Å²) >= 11 is 5.31. The molecule has 1 aliphatic rings. The largest absolute Gasteiger partial charge is 0.258 e. The highest BCUT2D eigenvalue weighted by atomic mass is 79.9. The third-order valence-corrected chi connectivity index (χ3v) is 5.35. The smallest absolute Gasteiger partial charge is 0.206 e. The second kappa shape index (κ2) is 7.38. The quantitative estimate of drug-likeness (QED) is 0.714. The number of aromatic nitrogens is 1. The summed E-state index contributed by atoms with van der Waals surface area (Å²) in [5.41, 5.74) is 3.58. The molecule has 0 saturated heterocycles. The van der Waals surface area contributed by atoms with Crippen LogP contribution in [0.2, 0.25) is 0 Å². The van der Waals surface area contributed by atoms with E-state index in [1.807, 2.05) is 10.7 Å². The van der Waals surface area contributed by atoms with E-state index in [1.165, 1.54) is 25.0 Å². The lowest BCUT2D eigenvalue weighted by Crippen LogP contribution is -2.16. The van der Waals surface area contributed by atoms with Crippen LogP contribution in [0.5, 0.6) is 0 Å². The maximum atomic E-state index is 4.94. The summed E-state index contributed by atoms with van der Waals surface area (Å²) in [6.45, 7) is 2.84. The summed E-state index contributed by atoms with van der Waals surface area (Å²) < 4.78 is 3.13. The molecule has 0 unspecified atom stereocenters. The average Bonchev–Trinajstić information content (AvgIpc) is 2.92. The fourth-order valence-electron chi connectivity index (χ4n) is 2.70. The molecular weight excluding hydrogens is 358 g/mol. The highest BCUT2D eigenvalue weighted by Crippen LogP contribution is 2.28. The molecule has 5 heteroatoms. The summed E-state index contributed by atoms with van der Waals surface area (Å²) in [4.78, 5) is 5.59. The monoisotopic (exact) mass is 377 g/mol. The fourth-order valence-corrected chi connectivity index (χ4v) is 4.07. The highest BCUT2D eigenvalue weighted by Gasteiger charge is 2.13. The lowest BCUT2D eigenvalue weighted by atomic mass is 9.99. The maximum absolute atomic E-state index is 4.94. The van der Waals surface area contributed by atoms with E-state index in [2.05, 4.69) is 51.4 Å². The summed E-state index contributed by atoms with van der Waals surface area (Å²) in [6.07, 6.45) is 6.08. The molecule has 0 aliphatic heterocycles. The van der Waals surface area contributed by atoms with Crippen LogP contribution in [-0.4, -0.2) is 16.9 Å². The third-order valence-electron chi connectivity index (χ3n) is 3.80. The molecule has 2 aromatic rings. The predicted octanol–water partition coefficient (Wildman–Crippen LogP) is 5.07. The number of halogens is 1. The minimum atomic E-state index is 0.779. The molecule has 1 aromatic carbocycles. The Kier molecular flexibility index (Phi) is 5.26. The van der Waals surface area contributed by atoms with E-state index >= 15 is 0 Å². The van der Waals surface area contributed by atoms with Gasteiger partial charge in [0.1, 0.15) is 0 Å². The molecule has 0 N–H and O–H groups in total. The molecule has 1 saturated carbocycles. The van der Waals surface area contributed by atoms with Gasteiger partial charge in [0.05, 0.1) is 5.69 Å². The first-order valence-electron chi connectivity index (χ1n) is 7.82. The first kappa shape index (κ1) is 15.7. The van der Waals surface area contributed by atoms with Crippen LogP contribution in [0.3, 0.4) is 0 Å². The Bertz CT molecular complexity index is 734. The Labute approximate surface area is 143 Å². The Morgan fingerprint density at radius 3 is 2.68 bits per heavy atom. The second-order valence-electron chi connectivity index (χ2n) is 5.40. The summed E-state index contributed by atoms with van der Waals surface area (Å²) in [7, 11) is 0. The Hall–Kier alpha value is -1.20. The van der Waals surface area contributed by atoms with Crippen molar-refractivity contribution in [2.75, 3.05) is 6.54 Å². The summed E-state index contributed by atoms with van der Waals surface area (Å²) in [5, 5.41) is 7.10. The van der Waals surface area contributed by atoms with Crippen molar-refractivity contribution < 1.29 is 0 Å². The van der Waals surface area contributed by atoms with E-state index in [9.17, 15) is 0 Å². The Morgan fingerprint density at radius 1 is 1.18 bits per heavy atom. The zero-order valence-corrected chi connectivity index (χ0v) is 15.2. The molecule has 1 fully saturated rings. The molecule has 3 nitrogen and oxygen atoms in total. The molecule has 0 bridgehead atoms. The summed E-state index contributed by atoms with van der Waals surface area (Å²) in [5.74, 6) is 0. The van der Waals surface area contributed by atoms with Crippen molar-refractivity contribution in [3.8, 4) is 11.3 Å². The van der Waals surface area contributed by atoms with Gasteiger partial charge in [0.2, 0.25) is 4.80 Å². The predicted molar refractivity (Wildman–Crippen MR) is 97.5 cm³/mol. The molecule has 0 spiro atoms. The van der Waals surface area contributed by atoms with Gasteiger partial charge < -0.3 is 0 Å². The molecule has 1 heterocycles. The maximum Gasteiger partial charge on any atom is 0.206 e. The first-order valence-corrected chi connectivity index (χ1v) is 9.49. The van der Waals surface area contributed by atoms with Crippen molar-refractivity contribution in [1.29, 1.82) is 0 Å². The highest BCUT2D eigenvalue weighted by molar-refractivity contribution is 9.10. The van der Waals surface area contributed by atoms with Crippen molar-refractivity contribution >= 4 is 33.0 Å². The van der Waals surface area contributed by atoms with Crippen molar-refractivity contribution in [2.24, 2.45) is 10.1 Å². The Morgan fingerprint density at radius 2 is 1.95 bits per heavy atom. The fraction of sp³-hybridized carbons (Fsp3) is 0.412.